The van der Waals surface area contributed by atoms with Gasteiger partial charge in [-0.3, -0.25) is 4.98 Å². The van der Waals surface area contributed by atoms with Crippen molar-refractivity contribution in [3.05, 3.63) is 65.0 Å². The summed E-state index contributed by atoms with van der Waals surface area (Å²) in [5.41, 5.74) is 4.34. The number of hydrogen-bond acceptors (Lipinski definition) is 3. The summed E-state index contributed by atoms with van der Waals surface area (Å²) in [6, 6.07) is 13.2. The van der Waals surface area contributed by atoms with Gasteiger partial charge in [0.05, 0.1) is 10.6 Å². The Bertz CT molecular complexity index is 890. The highest BCUT2D eigenvalue weighted by atomic mass is 32.2. The Morgan fingerprint density at radius 2 is 1.69 bits per heavy atom. The summed E-state index contributed by atoms with van der Waals surface area (Å²) in [4.78, 5) is 4.88. The lowest BCUT2D eigenvalue weighted by atomic mass is 10.0. The molecule has 1 fully saturated rings. The van der Waals surface area contributed by atoms with Crippen LogP contribution in [0.3, 0.4) is 0 Å². The van der Waals surface area contributed by atoms with Crippen LogP contribution in [0.2, 0.25) is 0 Å². The minimum atomic E-state index is -3.42. The molecule has 0 atom stereocenters. The van der Waals surface area contributed by atoms with E-state index in [0.717, 1.165) is 29.8 Å². The van der Waals surface area contributed by atoms with Crippen molar-refractivity contribution in [3.63, 3.8) is 0 Å². The molecule has 1 aliphatic rings. The Morgan fingerprint density at radius 3 is 2.27 bits per heavy atom. The number of benzene rings is 1. The minimum absolute atomic E-state index is 0.384. The maximum absolute atomic E-state index is 12.9. The molecule has 1 saturated heterocycles. The summed E-state index contributed by atoms with van der Waals surface area (Å²) in [6.45, 7) is 7.22. The molecule has 26 heavy (non-hydrogen) atoms. The highest BCUT2D eigenvalue weighted by Gasteiger charge is 2.27. The highest BCUT2D eigenvalue weighted by Crippen LogP contribution is 2.25. The van der Waals surface area contributed by atoms with Crippen LogP contribution in [0, 0.1) is 6.92 Å². The van der Waals surface area contributed by atoms with E-state index < -0.39 is 10.0 Å². The zero-order chi connectivity index (χ0) is 18.7. The quantitative estimate of drug-likeness (QED) is 0.802. The standard InChI is InChI=1S/C21H26N2O2S/c1-16(2)19-7-9-21(10-8-19)26(24,25)23-13-11-18(12-14-23)15-20-6-4-5-17(3)22-20/h4-10,15-16H,11-14H2,1-3H3. The van der Waals surface area contributed by atoms with Gasteiger partial charge in [-0.2, -0.15) is 4.31 Å². The van der Waals surface area contributed by atoms with Gasteiger partial charge in [0.25, 0.3) is 0 Å². The number of pyridine rings is 1. The third kappa shape index (κ3) is 4.22. The number of aromatic nitrogens is 1. The van der Waals surface area contributed by atoms with Gasteiger partial charge in [0.2, 0.25) is 10.0 Å². The first-order valence-electron chi connectivity index (χ1n) is 9.09. The van der Waals surface area contributed by atoms with Crippen LogP contribution in [0.4, 0.5) is 0 Å². The smallest absolute Gasteiger partial charge is 0.243 e. The fraction of sp³-hybridized carbons (Fsp3) is 0.381. The number of sulfonamides is 1. The molecule has 0 N–H and O–H groups in total. The number of hydrogen-bond donors (Lipinski definition) is 0. The Hall–Kier alpha value is -1.98. The van der Waals surface area contributed by atoms with Gasteiger partial charge >= 0.3 is 0 Å². The second-order valence-corrected chi connectivity index (χ2v) is 9.07. The number of nitrogens with zero attached hydrogens (tertiary/aromatic N) is 2. The molecule has 4 nitrogen and oxygen atoms in total. The zero-order valence-corrected chi connectivity index (χ0v) is 16.5. The summed E-state index contributed by atoms with van der Waals surface area (Å²) >= 11 is 0. The van der Waals surface area contributed by atoms with Gasteiger partial charge in [-0.25, -0.2) is 8.42 Å². The van der Waals surface area contributed by atoms with E-state index in [0.29, 0.717) is 23.9 Å². The van der Waals surface area contributed by atoms with Crippen molar-refractivity contribution in [2.45, 2.75) is 44.4 Å². The van der Waals surface area contributed by atoms with Crippen LogP contribution in [-0.4, -0.2) is 30.8 Å². The molecule has 1 aromatic heterocycles. The Morgan fingerprint density at radius 1 is 1.04 bits per heavy atom. The predicted octanol–water partition coefficient (Wildman–Crippen LogP) is 4.38. The first-order valence-corrected chi connectivity index (χ1v) is 10.5. The predicted molar refractivity (Wildman–Crippen MR) is 105 cm³/mol. The van der Waals surface area contributed by atoms with Crippen molar-refractivity contribution in [3.8, 4) is 0 Å². The molecule has 3 rings (SSSR count). The summed E-state index contributed by atoms with van der Waals surface area (Å²) in [5, 5.41) is 0. The number of aryl methyl sites for hydroxylation is 1. The summed E-state index contributed by atoms with van der Waals surface area (Å²) in [6.07, 6.45) is 3.59. The fourth-order valence-corrected chi connectivity index (χ4v) is 4.63. The van der Waals surface area contributed by atoms with Gasteiger partial charge in [0.15, 0.2) is 0 Å². The molecule has 0 radical (unpaired) electrons. The molecule has 0 spiro atoms. The van der Waals surface area contributed by atoms with Crippen molar-refractivity contribution in [2.75, 3.05) is 13.1 Å². The lowest BCUT2D eigenvalue weighted by molar-refractivity contribution is 0.388. The van der Waals surface area contributed by atoms with Crippen LogP contribution in [-0.2, 0) is 10.0 Å². The molecule has 0 saturated carbocycles. The van der Waals surface area contributed by atoms with Crippen LogP contribution in [0.15, 0.2) is 52.9 Å². The van der Waals surface area contributed by atoms with Gasteiger partial charge in [0.1, 0.15) is 0 Å². The maximum Gasteiger partial charge on any atom is 0.243 e. The molecule has 5 heteroatoms. The van der Waals surface area contributed by atoms with Gasteiger partial charge in [-0.15, -0.1) is 0 Å². The summed E-state index contributed by atoms with van der Waals surface area (Å²) in [7, 11) is -3.42. The van der Waals surface area contributed by atoms with Crippen molar-refractivity contribution in [1.29, 1.82) is 0 Å². The van der Waals surface area contributed by atoms with Crippen molar-refractivity contribution < 1.29 is 8.42 Å². The van der Waals surface area contributed by atoms with Gasteiger partial charge in [0, 0.05) is 18.8 Å². The first-order chi connectivity index (χ1) is 12.4. The van der Waals surface area contributed by atoms with Crippen LogP contribution >= 0.6 is 0 Å². The van der Waals surface area contributed by atoms with Gasteiger partial charge in [-0.1, -0.05) is 37.6 Å². The molecule has 138 valence electrons. The molecule has 1 aliphatic heterocycles. The lowest BCUT2D eigenvalue weighted by Gasteiger charge is -2.27. The Balaban J connectivity index is 1.70. The molecular formula is C21H26N2O2S. The molecule has 0 amide bonds. The average Bonchev–Trinajstić information content (AvgIpc) is 2.62. The Labute approximate surface area is 156 Å². The minimum Gasteiger partial charge on any atom is -0.254 e. The molecule has 0 bridgehead atoms. The van der Waals surface area contributed by atoms with E-state index in [9.17, 15) is 8.42 Å². The summed E-state index contributed by atoms with van der Waals surface area (Å²) in [5.74, 6) is 0.393. The first kappa shape index (κ1) is 18.8. The molecule has 2 aromatic rings. The third-order valence-corrected chi connectivity index (χ3v) is 6.72. The van der Waals surface area contributed by atoms with E-state index >= 15 is 0 Å². The second kappa shape index (κ2) is 7.72. The SMILES string of the molecule is Cc1cccc(C=C2CCN(S(=O)(=O)c3ccc(C(C)C)cc3)CC2)n1. The van der Waals surface area contributed by atoms with Crippen LogP contribution in [0.25, 0.3) is 6.08 Å². The molecule has 0 aliphatic carbocycles. The molecule has 0 unspecified atom stereocenters. The normalized spacial score (nSPS) is 16.1. The zero-order valence-electron chi connectivity index (χ0n) is 15.6. The van der Waals surface area contributed by atoms with Gasteiger partial charge < -0.3 is 0 Å². The topological polar surface area (TPSA) is 50.3 Å². The van der Waals surface area contributed by atoms with E-state index in [2.05, 4.69) is 24.9 Å². The largest absolute Gasteiger partial charge is 0.254 e. The fourth-order valence-electron chi connectivity index (χ4n) is 3.19. The Kier molecular flexibility index (Phi) is 5.58. The van der Waals surface area contributed by atoms with Crippen LogP contribution in [0.5, 0.6) is 0 Å². The van der Waals surface area contributed by atoms with Gasteiger partial charge in [-0.05, 0) is 61.6 Å². The van der Waals surface area contributed by atoms with Crippen molar-refractivity contribution in [2.24, 2.45) is 0 Å². The van der Waals surface area contributed by atoms with E-state index in [1.807, 2.05) is 37.3 Å². The maximum atomic E-state index is 12.9. The highest BCUT2D eigenvalue weighted by molar-refractivity contribution is 7.89. The van der Waals surface area contributed by atoms with Crippen LogP contribution < -0.4 is 0 Å². The monoisotopic (exact) mass is 370 g/mol. The number of rotatable bonds is 4. The third-order valence-electron chi connectivity index (χ3n) is 4.81. The van der Waals surface area contributed by atoms with Crippen molar-refractivity contribution >= 4 is 16.1 Å². The van der Waals surface area contributed by atoms with Crippen LogP contribution in [0.1, 0.15) is 49.6 Å². The second-order valence-electron chi connectivity index (χ2n) is 7.13. The molecular weight excluding hydrogens is 344 g/mol. The van der Waals surface area contributed by atoms with E-state index in [-0.39, 0.29) is 0 Å². The average molecular weight is 371 g/mol. The number of piperidine rings is 1. The van der Waals surface area contributed by atoms with E-state index in [4.69, 9.17) is 0 Å². The van der Waals surface area contributed by atoms with E-state index in [1.165, 1.54) is 5.57 Å². The lowest BCUT2D eigenvalue weighted by Crippen LogP contribution is -2.36. The molecule has 2 heterocycles. The van der Waals surface area contributed by atoms with E-state index in [1.54, 1.807) is 16.4 Å². The summed E-state index contributed by atoms with van der Waals surface area (Å²) < 4.78 is 27.3. The van der Waals surface area contributed by atoms with Crippen molar-refractivity contribution in [1.82, 2.24) is 9.29 Å². The molecule has 1 aromatic carbocycles.